The van der Waals surface area contributed by atoms with E-state index in [2.05, 4.69) is 48.4 Å². The van der Waals surface area contributed by atoms with Crippen LogP contribution in [0.3, 0.4) is 0 Å². The minimum Gasteiger partial charge on any atom is -0.326 e. The van der Waals surface area contributed by atoms with Gasteiger partial charge in [-0.25, -0.2) is 0 Å². The second-order valence-corrected chi connectivity index (χ2v) is 7.64. The van der Waals surface area contributed by atoms with Crippen LogP contribution in [0.15, 0.2) is 6.07 Å². The molecule has 2 rings (SSSR count). The summed E-state index contributed by atoms with van der Waals surface area (Å²) < 4.78 is 2.08. The maximum absolute atomic E-state index is 6.43. The van der Waals surface area contributed by atoms with Crippen molar-refractivity contribution in [1.29, 1.82) is 0 Å². The summed E-state index contributed by atoms with van der Waals surface area (Å²) in [5, 5.41) is 5.73. The van der Waals surface area contributed by atoms with Crippen LogP contribution < -0.4 is 5.73 Å². The van der Waals surface area contributed by atoms with Gasteiger partial charge in [-0.05, 0) is 19.9 Å². The molecule has 3 nitrogen and oxygen atoms in total. The van der Waals surface area contributed by atoms with Crippen molar-refractivity contribution < 1.29 is 0 Å². The largest absolute Gasteiger partial charge is 0.326 e. The molecule has 18 heavy (non-hydrogen) atoms. The molecule has 5 heteroatoms. The van der Waals surface area contributed by atoms with E-state index in [1.165, 1.54) is 17.2 Å². The Morgan fingerprint density at radius 1 is 1.50 bits per heavy atom. The predicted molar refractivity (Wildman–Crippen MR) is 82.5 cm³/mol. The third-order valence-corrected chi connectivity index (χ3v) is 6.66. The van der Waals surface area contributed by atoms with Crippen LogP contribution in [0, 0.1) is 6.92 Å². The zero-order valence-corrected chi connectivity index (χ0v) is 13.1. The SMILES string of the molecule is CCn1nc(C)cc1CC(N)C1SCCSC1C. The number of aryl methyl sites for hydroxylation is 2. The Hall–Kier alpha value is -0.130. The van der Waals surface area contributed by atoms with Gasteiger partial charge < -0.3 is 5.73 Å². The van der Waals surface area contributed by atoms with Crippen molar-refractivity contribution in [2.24, 2.45) is 5.73 Å². The number of aromatic nitrogens is 2. The lowest BCUT2D eigenvalue weighted by Crippen LogP contribution is -2.42. The molecule has 2 heterocycles. The normalized spacial score (nSPS) is 26.2. The van der Waals surface area contributed by atoms with E-state index < -0.39 is 0 Å². The molecule has 1 aromatic rings. The van der Waals surface area contributed by atoms with Gasteiger partial charge in [-0.1, -0.05) is 6.92 Å². The van der Waals surface area contributed by atoms with Gasteiger partial charge in [0.1, 0.15) is 0 Å². The number of rotatable bonds is 4. The molecule has 0 amide bonds. The van der Waals surface area contributed by atoms with E-state index in [4.69, 9.17) is 5.73 Å². The van der Waals surface area contributed by atoms with Crippen molar-refractivity contribution in [3.8, 4) is 0 Å². The van der Waals surface area contributed by atoms with Gasteiger partial charge in [0.2, 0.25) is 0 Å². The smallest absolute Gasteiger partial charge is 0.0596 e. The highest BCUT2D eigenvalue weighted by atomic mass is 32.2. The van der Waals surface area contributed by atoms with E-state index >= 15 is 0 Å². The Morgan fingerprint density at radius 2 is 2.22 bits per heavy atom. The highest BCUT2D eigenvalue weighted by Crippen LogP contribution is 2.33. The van der Waals surface area contributed by atoms with Crippen LogP contribution in [0.2, 0.25) is 0 Å². The quantitative estimate of drug-likeness (QED) is 0.922. The summed E-state index contributed by atoms with van der Waals surface area (Å²) in [7, 11) is 0. The lowest BCUT2D eigenvalue weighted by atomic mass is 10.1. The average Bonchev–Trinajstić information content (AvgIpc) is 2.70. The summed E-state index contributed by atoms with van der Waals surface area (Å²) in [5.41, 5.74) is 8.81. The third-order valence-electron chi connectivity index (χ3n) is 3.39. The molecule has 102 valence electrons. The van der Waals surface area contributed by atoms with Crippen LogP contribution in [0.25, 0.3) is 0 Å². The van der Waals surface area contributed by atoms with E-state index in [-0.39, 0.29) is 6.04 Å². The van der Waals surface area contributed by atoms with E-state index in [1.807, 2.05) is 11.8 Å². The van der Waals surface area contributed by atoms with E-state index in [9.17, 15) is 0 Å². The molecule has 1 aliphatic rings. The van der Waals surface area contributed by atoms with Gasteiger partial charge in [-0.15, -0.1) is 0 Å². The number of hydrogen-bond donors (Lipinski definition) is 1. The van der Waals surface area contributed by atoms with Crippen LogP contribution >= 0.6 is 23.5 Å². The molecule has 0 bridgehead atoms. The van der Waals surface area contributed by atoms with Crippen molar-refractivity contribution in [3.05, 3.63) is 17.5 Å². The molecule has 0 radical (unpaired) electrons. The zero-order chi connectivity index (χ0) is 13.1. The first-order valence-corrected chi connectivity index (χ1v) is 8.73. The van der Waals surface area contributed by atoms with Crippen LogP contribution in [0.1, 0.15) is 25.2 Å². The monoisotopic (exact) mass is 285 g/mol. The fourth-order valence-corrected chi connectivity index (χ4v) is 5.41. The topological polar surface area (TPSA) is 43.8 Å². The maximum Gasteiger partial charge on any atom is 0.0596 e. The van der Waals surface area contributed by atoms with Gasteiger partial charge >= 0.3 is 0 Å². The van der Waals surface area contributed by atoms with Crippen molar-refractivity contribution >= 4 is 23.5 Å². The summed E-state index contributed by atoms with van der Waals surface area (Å²) in [4.78, 5) is 0. The fourth-order valence-electron chi connectivity index (χ4n) is 2.52. The highest BCUT2D eigenvalue weighted by Gasteiger charge is 2.28. The second kappa shape index (κ2) is 6.35. The first kappa shape index (κ1) is 14.3. The van der Waals surface area contributed by atoms with Crippen molar-refractivity contribution in [1.82, 2.24) is 9.78 Å². The maximum atomic E-state index is 6.43. The highest BCUT2D eigenvalue weighted by molar-refractivity contribution is 8.07. The molecule has 2 N–H and O–H groups in total. The Labute approximate surface area is 118 Å². The molecule has 0 aliphatic carbocycles. The number of nitrogens with two attached hydrogens (primary N) is 1. The Kier molecular flexibility index (Phi) is 5.04. The summed E-state index contributed by atoms with van der Waals surface area (Å²) >= 11 is 4.10. The first-order valence-electron chi connectivity index (χ1n) is 6.64. The summed E-state index contributed by atoms with van der Waals surface area (Å²) in [6, 6.07) is 2.41. The summed E-state index contributed by atoms with van der Waals surface area (Å²) in [6.07, 6.45) is 0.942. The van der Waals surface area contributed by atoms with E-state index in [1.54, 1.807) is 0 Å². The summed E-state index contributed by atoms with van der Waals surface area (Å²) in [6.45, 7) is 7.42. The number of nitrogens with zero attached hydrogens (tertiary/aromatic N) is 2. The Morgan fingerprint density at radius 3 is 2.89 bits per heavy atom. The van der Waals surface area contributed by atoms with Gasteiger partial charge in [-0.2, -0.15) is 28.6 Å². The Bertz CT molecular complexity index is 392. The standard InChI is InChI=1S/C13H23N3S2/c1-4-16-11(7-9(2)15-16)8-12(14)13-10(3)17-5-6-18-13/h7,10,12-13H,4-6,8,14H2,1-3H3. The molecule has 0 spiro atoms. The lowest BCUT2D eigenvalue weighted by molar-refractivity contribution is 0.560. The molecule has 1 aromatic heterocycles. The van der Waals surface area contributed by atoms with Gasteiger partial charge in [-0.3, -0.25) is 4.68 Å². The number of hydrogen-bond acceptors (Lipinski definition) is 4. The van der Waals surface area contributed by atoms with Crippen LogP contribution in [0.4, 0.5) is 0 Å². The van der Waals surface area contributed by atoms with Crippen molar-refractivity contribution in [2.45, 2.75) is 50.3 Å². The van der Waals surface area contributed by atoms with Gasteiger partial charge in [0.25, 0.3) is 0 Å². The minimum atomic E-state index is 0.235. The predicted octanol–water partition coefficient (Wildman–Crippen LogP) is 2.32. The van der Waals surface area contributed by atoms with Crippen molar-refractivity contribution in [2.75, 3.05) is 11.5 Å². The molecule has 1 fully saturated rings. The molecule has 1 aliphatic heterocycles. The molecule has 0 aromatic carbocycles. The molecule has 0 saturated carbocycles. The molecule has 3 atom stereocenters. The second-order valence-electron chi connectivity index (χ2n) is 4.87. The Balaban J connectivity index is 2.03. The molecule has 3 unspecified atom stereocenters. The van der Waals surface area contributed by atoms with E-state index in [0.29, 0.717) is 10.5 Å². The number of thioether (sulfide) groups is 2. The van der Waals surface area contributed by atoms with Crippen molar-refractivity contribution in [3.63, 3.8) is 0 Å². The molecular formula is C13H23N3S2. The lowest BCUT2D eigenvalue weighted by Gasteiger charge is -2.32. The van der Waals surface area contributed by atoms with Gasteiger partial charge in [0.15, 0.2) is 0 Å². The molecule has 1 saturated heterocycles. The fraction of sp³-hybridized carbons (Fsp3) is 0.769. The third kappa shape index (κ3) is 3.25. The summed E-state index contributed by atoms with van der Waals surface area (Å²) in [5.74, 6) is 2.50. The molecular weight excluding hydrogens is 262 g/mol. The van der Waals surface area contributed by atoms with Crippen LogP contribution in [-0.4, -0.2) is 37.8 Å². The average molecular weight is 285 g/mol. The van der Waals surface area contributed by atoms with Gasteiger partial charge in [0, 0.05) is 46.7 Å². The van der Waals surface area contributed by atoms with E-state index in [0.717, 1.165) is 18.7 Å². The van der Waals surface area contributed by atoms with Crippen LogP contribution in [0.5, 0.6) is 0 Å². The minimum absolute atomic E-state index is 0.235. The zero-order valence-electron chi connectivity index (χ0n) is 11.4. The van der Waals surface area contributed by atoms with Crippen LogP contribution in [-0.2, 0) is 13.0 Å². The van der Waals surface area contributed by atoms with Gasteiger partial charge in [0.05, 0.1) is 5.69 Å². The first-order chi connectivity index (χ1) is 8.61.